The van der Waals surface area contributed by atoms with Crippen LogP contribution in [0.4, 0.5) is 4.79 Å². The molecule has 4 rings (SSSR count). The minimum Gasteiger partial charge on any atom is -0.444 e. The molecule has 0 aromatic heterocycles. The van der Waals surface area contributed by atoms with Gasteiger partial charge < -0.3 is 18.9 Å². The van der Waals surface area contributed by atoms with Gasteiger partial charge in [0, 0.05) is 6.54 Å². The molecular weight excluding hydrogens is 305 g/mol. The first-order valence-electron chi connectivity index (χ1n) is 8.96. The summed E-state index contributed by atoms with van der Waals surface area (Å²) in [6.45, 7) is 14.7. The standard InChI is InChI=1S/C18H30BNO4/c1-16(2,3)22-15(21)20-11-12-8-9-13(20)10-14(12)19-23-17(4,5)18(6,7)24-19/h10,12-13H,8-9,11H2,1-7H3/t12-,13-/m0/s1. The molecule has 3 aliphatic heterocycles. The van der Waals surface area contributed by atoms with E-state index >= 15 is 0 Å². The zero-order valence-electron chi connectivity index (χ0n) is 16.0. The molecule has 2 fully saturated rings. The second-order valence-corrected chi connectivity index (χ2v) is 9.23. The Bertz CT molecular complexity index is 548. The topological polar surface area (TPSA) is 48.0 Å². The number of fused-ring (bicyclic) bond motifs is 2. The maximum absolute atomic E-state index is 12.4. The van der Waals surface area contributed by atoms with Crippen LogP contribution in [0.2, 0.25) is 0 Å². The summed E-state index contributed by atoms with van der Waals surface area (Å²) in [5.74, 6) is 0.289. The fourth-order valence-corrected chi connectivity index (χ4v) is 3.58. The number of rotatable bonds is 1. The summed E-state index contributed by atoms with van der Waals surface area (Å²) in [4.78, 5) is 14.3. The molecule has 134 valence electrons. The van der Waals surface area contributed by atoms with E-state index in [2.05, 4.69) is 33.8 Å². The number of carbonyl (C=O) groups excluding carboxylic acids is 1. The van der Waals surface area contributed by atoms with Crippen LogP contribution in [0.5, 0.6) is 0 Å². The molecule has 0 saturated carbocycles. The molecule has 0 aromatic carbocycles. The number of hydrogen-bond donors (Lipinski definition) is 0. The van der Waals surface area contributed by atoms with Crippen LogP contribution in [0, 0.1) is 5.92 Å². The number of ether oxygens (including phenoxy) is 1. The lowest BCUT2D eigenvalue weighted by atomic mass is 9.63. The van der Waals surface area contributed by atoms with E-state index in [0.717, 1.165) is 12.8 Å². The molecule has 5 nitrogen and oxygen atoms in total. The van der Waals surface area contributed by atoms with Crippen molar-refractivity contribution in [3.8, 4) is 0 Å². The van der Waals surface area contributed by atoms with Gasteiger partial charge in [-0.2, -0.15) is 0 Å². The molecular formula is C18H30BNO4. The van der Waals surface area contributed by atoms with Gasteiger partial charge in [-0.3, -0.25) is 0 Å². The summed E-state index contributed by atoms with van der Waals surface area (Å²) in [6, 6.07) is 0.0823. The van der Waals surface area contributed by atoms with Gasteiger partial charge in [-0.05, 0) is 72.7 Å². The highest BCUT2D eigenvalue weighted by Gasteiger charge is 2.55. The largest absolute Gasteiger partial charge is 0.490 e. The summed E-state index contributed by atoms with van der Waals surface area (Å²) in [5, 5.41) is 0. The van der Waals surface area contributed by atoms with Crippen molar-refractivity contribution in [3.63, 3.8) is 0 Å². The average Bonchev–Trinajstić information content (AvgIpc) is 2.66. The third-order valence-corrected chi connectivity index (χ3v) is 5.64. The first-order chi connectivity index (χ1) is 10.9. The summed E-state index contributed by atoms with van der Waals surface area (Å²) >= 11 is 0. The number of hydrogen-bond acceptors (Lipinski definition) is 4. The van der Waals surface area contributed by atoms with Gasteiger partial charge in [-0.15, -0.1) is 0 Å². The van der Waals surface area contributed by atoms with E-state index in [4.69, 9.17) is 14.0 Å². The minimum absolute atomic E-state index is 0.0823. The first kappa shape index (κ1) is 17.8. The molecule has 24 heavy (non-hydrogen) atoms. The molecule has 0 aromatic rings. The van der Waals surface area contributed by atoms with Crippen LogP contribution in [0.25, 0.3) is 0 Å². The summed E-state index contributed by atoms with van der Waals surface area (Å²) in [7, 11) is -0.302. The van der Waals surface area contributed by atoms with Gasteiger partial charge in [0.05, 0.1) is 17.2 Å². The van der Waals surface area contributed by atoms with E-state index in [9.17, 15) is 4.79 Å². The van der Waals surface area contributed by atoms with E-state index in [1.54, 1.807) is 0 Å². The fourth-order valence-electron chi connectivity index (χ4n) is 3.58. The van der Waals surface area contributed by atoms with Crippen molar-refractivity contribution < 1.29 is 18.8 Å². The maximum atomic E-state index is 12.4. The van der Waals surface area contributed by atoms with E-state index in [-0.39, 0.29) is 36.4 Å². The van der Waals surface area contributed by atoms with E-state index in [1.165, 1.54) is 5.47 Å². The predicted molar refractivity (Wildman–Crippen MR) is 93.6 cm³/mol. The lowest BCUT2D eigenvalue weighted by molar-refractivity contribution is 0.00578. The van der Waals surface area contributed by atoms with Crippen molar-refractivity contribution in [2.45, 2.75) is 84.2 Å². The van der Waals surface area contributed by atoms with Crippen LogP contribution in [-0.4, -0.2) is 47.5 Å². The van der Waals surface area contributed by atoms with Crippen LogP contribution >= 0.6 is 0 Å². The van der Waals surface area contributed by atoms with Crippen LogP contribution in [0.3, 0.4) is 0 Å². The molecule has 3 heterocycles. The van der Waals surface area contributed by atoms with Gasteiger partial charge >= 0.3 is 13.2 Å². The van der Waals surface area contributed by atoms with E-state index in [0.29, 0.717) is 6.54 Å². The van der Waals surface area contributed by atoms with E-state index in [1.807, 2.05) is 25.7 Å². The van der Waals surface area contributed by atoms with Gasteiger partial charge in [0.1, 0.15) is 5.60 Å². The van der Waals surface area contributed by atoms with Crippen molar-refractivity contribution in [1.29, 1.82) is 0 Å². The SMILES string of the molecule is CC(C)(C)OC(=O)N1C[C@@H]2CC[C@H]1C=C2B1OC(C)(C)C(C)(C)O1. The Kier molecular flexibility index (Phi) is 4.08. The Hall–Kier alpha value is -1.01. The molecule has 1 aliphatic carbocycles. The average molecular weight is 335 g/mol. The van der Waals surface area contributed by atoms with Gasteiger partial charge in [-0.1, -0.05) is 6.08 Å². The fraction of sp³-hybridized carbons (Fsp3) is 0.833. The highest BCUT2D eigenvalue weighted by molar-refractivity contribution is 6.54. The first-order valence-corrected chi connectivity index (χ1v) is 8.96. The molecule has 1 amide bonds. The van der Waals surface area contributed by atoms with Crippen LogP contribution in [0.15, 0.2) is 11.5 Å². The second kappa shape index (κ2) is 5.50. The quantitative estimate of drug-likeness (QED) is 0.687. The monoisotopic (exact) mass is 335 g/mol. The molecule has 2 atom stereocenters. The van der Waals surface area contributed by atoms with Crippen molar-refractivity contribution >= 4 is 13.2 Å². The minimum atomic E-state index is -0.466. The normalized spacial score (nSPS) is 31.2. The Labute approximate surface area is 145 Å². The van der Waals surface area contributed by atoms with Gasteiger partial charge in [-0.25, -0.2) is 4.79 Å². The maximum Gasteiger partial charge on any atom is 0.490 e. The smallest absolute Gasteiger partial charge is 0.444 e. The van der Waals surface area contributed by atoms with Crippen LogP contribution < -0.4 is 0 Å². The Balaban J connectivity index is 1.76. The van der Waals surface area contributed by atoms with Gasteiger partial charge in [0.15, 0.2) is 0 Å². The number of piperidine rings is 1. The molecule has 0 spiro atoms. The van der Waals surface area contributed by atoms with E-state index < -0.39 is 5.60 Å². The molecule has 2 saturated heterocycles. The number of amides is 1. The van der Waals surface area contributed by atoms with Crippen molar-refractivity contribution in [3.05, 3.63) is 11.5 Å². The summed E-state index contributed by atoms with van der Waals surface area (Å²) < 4.78 is 18.0. The molecule has 0 radical (unpaired) electrons. The summed E-state index contributed by atoms with van der Waals surface area (Å²) in [6.07, 6.45) is 4.00. The van der Waals surface area contributed by atoms with Gasteiger partial charge in [0.2, 0.25) is 0 Å². The lowest BCUT2D eigenvalue weighted by Crippen LogP contribution is -2.53. The molecule has 2 bridgehead atoms. The summed E-state index contributed by atoms with van der Waals surface area (Å²) in [5.41, 5.74) is 0.0660. The number of carbonyl (C=O) groups is 1. The Morgan fingerprint density at radius 2 is 1.79 bits per heavy atom. The Morgan fingerprint density at radius 3 is 2.25 bits per heavy atom. The molecule has 6 heteroatoms. The third-order valence-electron chi connectivity index (χ3n) is 5.64. The molecule has 4 aliphatic rings. The molecule has 0 N–H and O–H groups in total. The zero-order valence-corrected chi connectivity index (χ0v) is 16.0. The highest BCUT2D eigenvalue weighted by atomic mass is 16.7. The highest BCUT2D eigenvalue weighted by Crippen LogP contribution is 2.44. The zero-order chi connectivity index (χ0) is 17.9. The second-order valence-electron chi connectivity index (χ2n) is 9.23. The number of nitrogens with zero attached hydrogens (tertiary/aromatic N) is 1. The predicted octanol–water partition coefficient (Wildman–Crippen LogP) is 3.57. The third kappa shape index (κ3) is 3.10. The van der Waals surface area contributed by atoms with Crippen molar-refractivity contribution in [2.24, 2.45) is 5.92 Å². The lowest BCUT2D eigenvalue weighted by Gasteiger charge is -2.44. The van der Waals surface area contributed by atoms with Crippen LogP contribution in [-0.2, 0) is 14.0 Å². The van der Waals surface area contributed by atoms with Crippen molar-refractivity contribution in [2.75, 3.05) is 6.54 Å². The van der Waals surface area contributed by atoms with Crippen molar-refractivity contribution in [1.82, 2.24) is 4.90 Å². The Morgan fingerprint density at radius 1 is 1.21 bits per heavy atom. The van der Waals surface area contributed by atoms with Crippen LogP contribution in [0.1, 0.15) is 61.3 Å². The van der Waals surface area contributed by atoms with Gasteiger partial charge in [0.25, 0.3) is 0 Å². The molecule has 0 unspecified atom stereocenters.